The van der Waals surface area contributed by atoms with E-state index in [4.69, 9.17) is 14.2 Å². The van der Waals surface area contributed by atoms with E-state index in [2.05, 4.69) is 0 Å². The van der Waals surface area contributed by atoms with Crippen molar-refractivity contribution < 1.29 is 19.0 Å². The van der Waals surface area contributed by atoms with E-state index >= 15 is 0 Å². The second kappa shape index (κ2) is 7.73. The molecule has 0 spiro atoms. The van der Waals surface area contributed by atoms with Crippen molar-refractivity contribution in [1.82, 2.24) is 4.90 Å². The third-order valence-corrected chi connectivity index (χ3v) is 3.81. The fraction of sp³-hybridized carbons (Fsp3) is 0.471. The molecular formula is C17H23NO4. The van der Waals surface area contributed by atoms with Crippen molar-refractivity contribution >= 4 is 12.0 Å². The van der Waals surface area contributed by atoms with Crippen molar-refractivity contribution in [2.45, 2.75) is 19.3 Å². The van der Waals surface area contributed by atoms with E-state index in [1.54, 1.807) is 39.5 Å². The van der Waals surface area contributed by atoms with Crippen LogP contribution in [-0.4, -0.2) is 45.2 Å². The molecule has 5 nitrogen and oxygen atoms in total. The molecule has 0 unspecified atom stereocenters. The van der Waals surface area contributed by atoms with E-state index < -0.39 is 0 Å². The van der Waals surface area contributed by atoms with E-state index in [0.29, 0.717) is 17.2 Å². The summed E-state index contributed by atoms with van der Waals surface area (Å²) in [6, 6.07) is 3.65. The smallest absolute Gasteiger partial charge is 0.246 e. The van der Waals surface area contributed by atoms with Gasteiger partial charge < -0.3 is 19.1 Å². The fourth-order valence-corrected chi connectivity index (χ4v) is 2.64. The molecule has 1 aliphatic heterocycles. The van der Waals surface area contributed by atoms with Crippen LogP contribution in [0.1, 0.15) is 24.8 Å². The van der Waals surface area contributed by atoms with Crippen LogP contribution in [0.5, 0.6) is 17.2 Å². The Kier molecular flexibility index (Phi) is 5.69. The van der Waals surface area contributed by atoms with Crippen LogP contribution in [-0.2, 0) is 4.79 Å². The third kappa shape index (κ3) is 3.53. The average molecular weight is 305 g/mol. The maximum absolute atomic E-state index is 12.2. The number of methoxy groups -OCH3 is 3. The molecule has 120 valence electrons. The zero-order chi connectivity index (χ0) is 15.9. The Bertz CT molecular complexity index is 548. The molecule has 5 heteroatoms. The van der Waals surface area contributed by atoms with Gasteiger partial charge in [0.25, 0.3) is 0 Å². The lowest BCUT2D eigenvalue weighted by Crippen LogP contribution is -2.34. The molecule has 0 aromatic heterocycles. The van der Waals surface area contributed by atoms with Crippen molar-refractivity contribution in [2.75, 3.05) is 34.4 Å². The summed E-state index contributed by atoms with van der Waals surface area (Å²) in [7, 11) is 4.71. The minimum Gasteiger partial charge on any atom is -0.493 e. The van der Waals surface area contributed by atoms with Gasteiger partial charge in [0.05, 0.1) is 21.3 Å². The van der Waals surface area contributed by atoms with Crippen LogP contribution in [0.3, 0.4) is 0 Å². The summed E-state index contributed by atoms with van der Waals surface area (Å²) >= 11 is 0. The maximum Gasteiger partial charge on any atom is 0.246 e. The molecule has 1 amide bonds. The molecular weight excluding hydrogens is 282 g/mol. The minimum absolute atomic E-state index is 0.0385. The van der Waals surface area contributed by atoms with Gasteiger partial charge in [-0.15, -0.1) is 0 Å². The molecule has 1 heterocycles. The summed E-state index contributed by atoms with van der Waals surface area (Å²) in [5.41, 5.74) is 0.783. The van der Waals surface area contributed by atoms with Crippen LogP contribution in [0, 0.1) is 0 Å². The number of hydrogen-bond donors (Lipinski definition) is 0. The lowest BCUT2D eigenvalue weighted by atomic mass is 10.1. The highest BCUT2D eigenvalue weighted by atomic mass is 16.5. The number of piperidine rings is 1. The normalized spacial score (nSPS) is 15.0. The van der Waals surface area contributed by atoms with Gasteiger partial charge in [-0.05, 0) is 37.5 Å². The van der Waals surface area contributed by atoms with Gasteiger partial charge >= 0.3 is 0 Å². The van der Waals surface area contributed by atoms with E-state index in [9.17, 15) is 4.79 Å². The Morgan fingerprint density at radius 2 is 1.68 bits per heavy atom. The number of ether oxygens (including phenoxy) is 3. The number of nitrogens with zero attached hydrogens (tertiary/aromatic N) is 1. The quantitative estimate of drug-likeness (QED) is 0.785. The first-order valence-corrected chi connectivity index (χ1v) is 7.47. The van der Waals surface area contributed by atoms with Crippen molar-refractivity contribution in [3.63, 3.8) is 0 Å². The summed E-state index contributed by atoms with van der Waals surface area (Å²) in [6.07, 6.45) is 6.72. The van der Waals surface area contributed by atoms with Crippen molar-refractivity contribution in [3.8, 4) is 17.2 Å². The maximum atomic E-state index is 12.2. The molecule has 1 aromatic carbocycles. The summed E-state index contributed by atoms with van der Waals surface area (Å²) in [6.45, 7) is 1.68. The Hall–Kier alpha value is -2.17. The molecule has 22 heavy (non-hydrogen) atoms. The molecule has 0 bridgehead atoms. The number of carbonyl (C=O) groups is 1. The van der Waals surface area contributed by atoms with Crippen LogP contribution in [0.15, 0.2) is 18.2 Å². The second-order valence-electron chi connectivity index (χ2n) is 5.14. The predicted octanol–water partition coefficient (Wildman–Crippen LogP) is 2.74. The zero-order valence-electron chi connectivity index (χ0n) is 13.4. The largest absolute Gasteiger partial charge is 0.493 e. The Balaban J connectivity index is 2.21. The lowest BCUT2D eigenvalue weighted by Gasteiger charge is -2.25. The minimum atomic E-state index is 0.0385. The van der Waals surface area contributed by atoms with E-state index in [1.807, 2.05) is 11.0 Å². The number of likely N-dealkylation sites (tertiary alicyclic amines) is 1. The first-order valence-electron chi connectivity index (χ1n) is 7.47. The van der Waals surface area contributed by atoms with Gasteiger partial charge in [-0.1, -0.05) is 0 Å². The standard InChI is InChI=1S/C17H23NO4/c1-20-14-9-7-13(16(21-2)17(14)22-3)8-10-15(19)18-11-5-4-6-12-18/h7-10H,4-6,11-12H2,1-3H3/b10-8+. The number of carbonyl (C=O) groups excluding carboxylic acids is 1. The van der Waals surface area contributed by atoms with Crippen LogP contribution >= 0.6 is 0 Å². The highest BCUT2D eigenvalue weighted by molar-refractivity contribution is 5.92. The monoisotopic (exact) mass is 305 g/mol. The summed E-state index contributed by atoms with van der Waals surface area (Å²) in [4.78, 5) is 14.1. The number of benzene rings is 1. The van der Waals surface area contributed by atoms with Crippen LogP contribution in [0.2, 0.25) is 0 Å². The van der Waals surface area contributed by atoms with Crippen LogP contribution < -0.4 is 14.2 Å². The topological polar surface area (TPSA) is 48.0 Å². The summed E-state index contributed by atoms with van der Waals surface area (Å²) in [5, 5.41) is 0. The molecule has 0 atom stereocenters. The average Bonchev–Trinajstić information content (AvgIpc) is 2.59. The molecule has 0 N–H and O–H groups in total. The van der Waals surface area contributed by atoms with Gasteiger partial charge in [0.15, 0.2) is 11.5 Å². The van der Waals surface area contributed by atoms with Gasteiger partial charge in [0, 0.05) is 24.7 Å². The Morgan fingerprint density at radius 1 is 1.00 bits per heavy atom. The van der Waals surface area contributed by atoms with E-state index in [-0.39, 0.29) is 5.91 Å². The molecule has 1 fully saturated rings. The SMILES string of the molecule is COc1ccc(/C=C/C(=O)N2CCCCC2)c(OC)c1OC. The second-order valence-corrected chi connectivity index (χ2v) is 5.14. The van der Waals surface area contributed by atoms with Gasteiger partial charge in [0.1, 0.15) is 0 Å². The number of hydrogen-bond acceptors (Lipinski definition) is 4. The Morgan fingerprint density at radius 3 is 2.27 bits per heavy atom. The molecule has 1 aliphatic rings. The first-order chi connectivity index (χ1) is 10.7. The van der Waals surface area contributed by atoms with E-state index in [0.717, 1.165) is 31.5 Å². The van der Waals surface area contributed by atoms with Crippen molar-refractivity contribution in [2.24, 2.45) is 0 Å². The van der Waals surface area contributed by atoms with Crippen LogP contribution in [0.25, 0.3) is 6.08 Å². The van der Waals surface area contributed by atoms with Crippen LogP contribution in [0.4, 0.5) is 0 Å². The van der Waals surface area contributed by atoms with Crippen molar-refractivity contribution in [3.05, 3.63) is 23.8 Å². The molecule has 1 saturated heterocycles. The van der Waals surface area contributed by atoms with Crippen molar-refractivity contribution in [1.29, 1.82) is 0 Å². The fourth-order valence-electron chi connectivity index (χ4n) is 2.64. The highest BCUT2D eigenvalue weighted by Gasteiger charge is 2.16. The predicted molar refractivity (Wildman–Crippen MR) is 85.6 cm³/mol. The first kappa shape index (κ1) is 16.2. The molecule has 1 aromatic rings. The molecule has 0 radical (unpaired) electrons. The summed E-state index contributed by atoms with van der Waals surface area (Å²) < 4.78 is 16.0. The number of amides is 1. The van der Waals surface area contributed by atoms with Gasteiger partial charge in [-0.3, -0.25) is 4.79 Å². The highest BCUT2D eigenvalue weighted by Crippen LogP contribution is 2.40. The van der Waals surface area contributed by atoms with Gasteiger partial charge in [0.2, 0.25) is 11.7 Å². The summed E-state index contributed by atoms with van der Waals surface area (Å²) in [5.74, 6) is 1.72. The lowest BCUT2D eigenvalue weighted by molar-refractivity contribution is -0.126. The third-order valence-electron chi connectivity index (χ3n) is 3.81. The zero-order valence-corrected chi connectivity index (χ0v) is 13.4. The van der Waals surface area contributed by atoms with Gasteiger partial charge in [-0.2, -0.15) is 0 Å². The number of rotatable bonds is 5. The van der Waals surface area contributed by atoms with E-state index in [1.165, 1.54) is 6.42 Å². The van der Waals surface area contributed by atoms with Gasteiger partial charge in [-0.25, -0.2) is 0 Å². The molecule has 2 rings (SSSR count). The Labute approximate surface area is 131 Å². The molecule has 0 aliphatic carbocycles. The molecule has 0 saturated carbocycles.